The van der Waals surface area contributed by atoms with Crippen molar-refractivity contribution in [2.45, 2.75) is 173 Å². The van der Waals surface area contributed by atoms with Crippen molar-refractivity contribution in [3.63, 3.8) is 0 Å². The second-order valence-electron chi connectivity index (χ2n) is 15.9. The number of esters is 1. The molecule has 7 N–H and O–H groups in total. The predicted octanol–water partition coefficient (Wildman–Crippen LogP) is 6.35. The van der Waals surface area contributed by atoms with Gasteiger partial charge in [-0.1, -0.05) is 81.9 Å². The van der Waals surface area contributed by atoms with Crippen LogP contribution in [-0.4, -0.2) is 104 Å². The lowest BCUT2D eigenvalue weighted by atomic mass is 9.88. The average molecular weight is 779 g/mol. The summed E-state index contributed by atoms with van der Waals surface area (Å²) in [7, 11) is 1.67. The molecule has 1 heterocycles. The smallest absolute Gasteiger partial charge is 0.309 e. The number of aliphatic hydroxyl groups is 6. The highest BCUT2D eigenvalue weighted by atomic mass is 16.5. The van der Waals surface area contributed by atoms with Gasteiger partial charge in [0.25, 0.3) is 0 Å². The fraction of sp³-hybridized carbons (Fsp3) is 0.727. The number of carboxylic acids is 1. The van der Waals surface area contributed by atoms with Gasteiger partial charge < -0.3 is 45.2 Å². The van der Waals surface area contributed by atoms with E-state index in [-0.39, 0.29) is 43.6 Å². The Balaban J connectivity index is 3.02. The molecule has 0 aromatic rings. The maximum atomic E-state index is 13.2. The molecule has 0 aromatic heterocycles. The monoisotopic (exact) mass is 779 g/mol. The van der Waals surface area contributed by atoms with Crippen molar-refractivity contribution in [3.8, 4) is 0 Å². The molecular formula is C44H74O11. The highest BCUT2D eigenvalue weighted by molar-refractivity contribution is 5.70. The lowest BCUT2D eigenvalue weighted by Crippen LogP contribution is -2.37. The molecule has 11 heteroatoms. The van der Waals surface area contributed by atoms with Crippen LogP contribution in [0.25, 0.3) is 0 Å². The van der Waals surface area contributed by atoms with Crippen LogP contribution < -0.4 is 0 Å². The normalized spacial score (nSPS) is 31.9. The summed E-state index contributed by atoms with van der Waals surface area (Å²) in [5.41, 5.74) is 0.923. The van der Waals surface area contributed by atoms with E-state index in [2.05, 4.69) is 0 Å². The fourth-order valence-corrected chi connectivity index (χ4v) is 6.59. The summed E-state index contributed by atoms with van der Waals surface area (Å²) in [6.07, 6.45) is 17.0. The first-order valence-electron chi connectivity index (χ1n) is 20.4. The number of carbonyl (C=O) groups is 2. The van der Waals surface area contributed by atoms with Crippen molar-refractivity contribution >= 4 is 11.9 Å². The van der Waals surface area contributed by atoms with E-state index in [4.69, 9.17) is 14.6 Å². The Morgan fingerprint density at radius 3 is 2.24 bits per heavy atom. The van der Waals surface area contributed by atoms with Gasteiger partial charge in [-0.3, -0.25) is 9.59 Å². The van der Waals surface area contributed by atoms with Gasteiger partial charge in [0.2, 0.25) is 0 Å². The number of ether oxygens (including phenoxy) is 2. The van der Waals surface area contributed by atoms with Crippen molar-refractivity contribution in [1.82, 2.24) is 0 Å². The molecular weight excluding hydrogens is 704 g/mol. The zero-order valence-electron chi connectivity index (χ0n) is 34.3. The minimum atomic E-state index is -1.22. The molecule has 12 unspecified atom stereocenters. The van der Waals surface area contributed by atoms with Crippen molar-refractivity contribution in [1.29, 1.82) is 0 Å². The molecule has 0 saturated heterocycles. The third-order valence-corrected chi connectivity index (χ3v) is 10.8. The van der Waals surface area contributed by atoms with Gasteiger partial charge in [-0.05, 0) is 102 Å². The number of aliphatic carboxylic acids is 1. The molecule has 0 amide bonds. The van der Waals surface area contributed by atoms with Crippen LogP contribution >= 0.6 is 0 Å². The Hall–Kier alpha value is -2.64. The number of allylic oxidation sites excluding steroid dienone is 7. The highest BCUT2D eigenvalue weighted by Gasteiger charge is 2.32. The minimum absolute atomic E-state index is 0.0153. The molecule has 1 aliphatic rings. The van der Waals surface area contributed by atoms with E-state index in [9.17, 15) is 40.2 Å². The Morgan fingerprint density at radius 2 is 1.56 bits per heavy atom. The zero-order valence-corrected chi connectivity index (χ0v) is 34.3. The maximum absolute atomic E-state index is 13.2. The number of carboxylic acid groups (broad SMARTS) is 1. The van der Waals surface area contributed by atoms with Crippen LogP contribution in [0.4, 0.5) is 0 Å². The third kappa shape index (κ3) is 23.3. The highest BCUT2D eigenvalue weighted by Crippen LogP contribution is 2.25. The standard InChI is InChI=1S/C44H74O11/c1-30(17-12-8-7-9-14-19-35(45)25-31(2)23-24-43(51)52)26-42-34(5)39(48)27-36(46)20-16-22-37(54-6)21-15-11-10-13-18-32(3)38(47)28-40(49)33(4)41(50)29-44(53)55-42/h7-11,13-15,26,31-42,45-50H,12,16-25,27-29H2,1-6H3,(H,51,52). The minimum Gasteiger partial charge on any atom is -0.481 e. The lowest BCUT2D eigenvalue weighted by Gasteiger charge is -2.29. The van der Waals surface area contributed by atoms with Crippen molar-refractivity contribution in [2.24, 2.45) is 23.7 Å². The van der Waals surface area contributed by atoms with Gasteiger partial charge in [0, 0.05) is 25.4 Å². The van der Waals surface area contributed by atoms with Crippen molar-refractivity contribution in [2.75, 3.05) is 7.11 Å². The first-order valence-corrected chi connectivity index (χ1v) is 20.4. The summed E-state index contributed by atoms with van der Waals surface area (Å²) < 4.78 is 11.5. The molecule has 0 bridgehead atoms. The quantitative estimate of drug-likeness (QED) is 0.0626. The van der Waals surface area contributed by atoms with Crippen LogP contribution in [0.5, 0.6) is 0 Å². The first-order chi connectivity index (χ1) is 26.0. The van der Waals surface area contributed by atoms with E-state index in [1.54, 1.807) is 27.0 Å². The number of cyclic esters (lactones) is 1. The van der Waals surface area contributed by atoms with Crippen LogP contribution in [0.15, 0.2) is 60.3 Å². The fourth-order valence-electron chi connectivity index (χ4n) is 6.59. The van der Waals surface area contributed by atoms with Crippen LogP contribution in [-0.2, 0) is 19.1 Å². The Morgan fingerprint density at radius 1 is 0.909 bits per heavy atom. The number of carbonyl (C=O) groups excluding carboxylic acids is 1. The number of rotatable bonds is 13. The van der Waals surface area contributed by atoms with Crippen LogP contribution in [0, 0.1) is 23.7 Å². The number of hydrogen-bond acceptors (Lipinski definition) is 10. The van der Waals surface area contributed by atoms with Crippen LogP contribution in [0.2, 0.25) is 0 Å². The molecule has 316 valence electrons. The summed E-state index contributed by atoms with van der Waals surface area (Å²) in [6, 6.07) is 0. The Bertz CT molecular complexity index is 1210. The SMILES string of the molecule is COC1CC=CC=CCC(C)C(O)CC(O)C(C)C(O)CC(=O)OC(C=C(C)CCC=CC=CCC(O)CC(C)CCC(=O)O)C(C)C(O)CC(O)CCC1. The number of hydrogen-bond donors (Lipinski definition) is 7. The van der Waals surface area contributed by atoms with E-state index in [1.165, 1.54) is 0 Å². The van der Waals surface area contributed by atoms with Crippen molar-refractivity contribution in [3.05, 3.63) is 60.3 Å². The van der Waals surface area contributed by atoms with Crippen LogP contribution in [0.3, 0.4) is 0 Å². The predicted molar refractivity (Wildman–Crippen MR) is 216 cm³/mol. The van der Waals surface area contributed by atoms with Gasteiger partial charge in [-0.25, -0.2) is 0 Å². The van der Waals surface area contributed by atoms with Gasteiger partial charge in [0.1, 0.15) is 6.10 Å². The number of aliphatic hydroxyl groups excluding tert-OH is 6. The molecule has 12 atom stereocenters. The maximum Gasteiger partial charge on any atom is 0.309 e. The Labute approximate surface area is 330 Å². The Kier molecular flexibility index (Phi) is 26.3. The van der Waals surface area contributed by atoms with Gasteiger partial charge >= 0.3 is 11.9 Å². The molecule has 1 rings (SSSR count). The third-order valence-electron chi connectivity index (χ3n) is 10.8. The molecule has 0 fully saturated rings. The molecule has 0 spiro atoms. The molecule has 0 saturated carbocycles. The number of methoxy groups -OCH3 is 1. The van der Waals surface area contributed by atoms with E-state index in [1.807, 2.05) is 69.4 Å². The lowest BCUT2D eigenvalue weighted by molar-refractivity contribution is -0.154. The molecule has 11 nitrogen and oxygen atoms in total. The topological polar surface area (TPSA) is 194 Å². The molecule has 0 aliphatic carbocycles. The zero-order chi connectivity index (χ0) is 41.3. The molecule has 55 heavy (non-hydrogen) atoms. The summed E-state index contributed by atoms with van der Waals surface area (Å²) in [6.45, 7) is 9.15. The second-order valence-corrected chi connectivity index (χ2v) is 15.9. The summed E-state index contributed by atoms with van der Waals surface area (Å²) in [5.74, 6) is -2.81. The first kappa shape index (κ1) is 50.4. The second kappa shape index (κ2) is 28.7. The van der Waals surface area contributed by atoms with Crippen LogP contribution in [0.1, 0.15) is 125 Å². The molecule has 0 aromatic carbocycles. The average Bonchev–Trinajstić information content (AvgIpc) is 3.12. The molecule has 1 aliphatic heterocycles. The summed E-state index contributed by atoms with van der Waals surface area (Å²) >= 11 is 0. The van der Waals surface area contributed by atoms with Gasteiger partial charge in [0.05, 0.1) is 49.1 Å². The van der Waals surface area contributed by atoms with Gasteiger partial charge in [-0.15, -0.1) is 0 Å². The summed E-state index contributed by atoms with van der Waals surface area (Å²) in [4.78, 5) is 24.0. The van der Waals surface area contributed by atoms with Gasteiger partial charge in [-0.2, -0.15) is 0 Å². The van der Waals surface area contributed by atoms with Crippen molar-refractivity contribution < 1.29 is 54.8 Å². The van der Waals surface area contributed by atoms with E-state index in [0.29, 0.717) is 57.8 Å². The van der Waals surface area contributed by atoms with E-state index < -0.39 is 66.5 Å². The molecule has 0 radical (unpaired) electrons. The summed E-state index contributed by atoms with van der Waals surface area (Å²) in [5, 5.41) is 73.6. The van der Waals surface area contributed by atoms with Gasteiger partial charge in [0.15, 0.2) is 0 Å². The van der Waals surface area contributed by atoms with E-state index in [0.717, 1.165) is 12.0 Å². The largest absolute Gasteiger partial charge is 0.481 e. The van der Waals surface area contributed by atoms with E-state index >= 15 is 0 Å².